The number of hydrogen-bond acceptors (Lipinski definition) is 4. The first-order valence-electron chi connectivity index (χ1n) is 11.7. The Morgan fingerprint density at radius 3 is 2.00 bits per heavy atom. The molecule has 7 nitrogen and oxygen atoms in total. The molecule has 1 unspecified atom stereocenters. The second kappa shape index (κ2) is 12.2. The van der Waals surface area contributed by atoms with Gasteiger partial charge in [-0.25, -0.2) is 12.8 Å². The van der Waals surface area contributed by atoms with E-state index in [2.05, 4.69) is 5.32 Å². The van der Waals surface area contributed by atoms with Gasteiger partial charge in [0, 0.05) is 13.1 Å². The Bertz CT molecular complexity index is 1100. The maximum absolute atomic E-state index is 13.5. The van der Waals surface area contributed by atoms with Crippen LogP contribution < -0.4 is 9.62 Å². The summed E-state index contributed by atoms with van der Waals surface area (Å²) in [4.78, 5) is 27.6. The number of nitrogens with one attached hydrogen (secondary N) is 1. The summed E-state index contributed by atoms with van der Waals surface area (Å²) in [5.41, 5.74) is 2.03. The second-order valence-electron chi connectivity index (χ2n) is 9.48. The molecule has 1 N–H and O–H groups in total. The van der Waals surface area contributed by atoms with Crippen molar-refractivity contribution in [2.24, 2.45) is 5.92 Å². The van der Waals surface area contributed by atoms with Crippen LogP contribution in [0.2, 0.25) is 0 Å². The maximum Gasteiger partial charge on any atom is 0.244 e. The van der Waals surface area contributed by atoms with Gasteiger partial charge in [-0.2, -0.15) is 0 Å². The molecule has 0 aromatic heterocycles. The van der Waals surface area contributed by atoms with Crippen molar-refractivity contribution in [3.8, 4) is 0 Å². The minimum absolute atomic E-state index is 0.0271. The van der Waals surface area contributed by atoms with E-state index in [1.54, 1.807) is 19.1 Å². The van der Waals surface area contributed by atoms with Crippen molar-refractivity contribution in [1.29, 1.82) is 0 Å². The van der Waals surface area contributed by atoms with Gasteiger partial charge in [-0.05, 0) is 54.2 Å². The summed E-state index contributed by atoms with van der Waals surface area (Å²) < 4.78 is 39.7. The quantitative estimate of drug-likeness (QED) is 0.502. The second-order valence-corrected chi connectivity index (χ2v) is 11.4. The van der Waals surface area contributed by atoms with Crippen molar-refractivity contribution >= 4 is 27.5 Å². The summed E-state index contributed by atoms with van der Waals surface area (Å²) in [6.45, 7) is 9.58. The van der Waals surface area contributed by atoms with Crippen molar-refractivity contribution in [3.63, 3.8) is 0 Å². The van der Waals surface area contributed by atoms with Crippen molar-refractivity contribution < 1.29 is 22.4 Å². The normalized spacial score (nSPS) is 12.5. The van der Waals surface area contributed by atoms with Gasteiger partial charge in [0.15, 0.2) is 0 Å². The van der Waals surface area contributed by atoms with Crippen molar-refractivity contribution in [1.82, 2.24) is 10.2 Å². The lowest BCUT2D eigenvalue weighted by atomic mass is 10.0. The lowest BCUT2D eigenvalue weighted by Gasteiger charge is -2.31. The van der Waals surface area contributed by atoms with Crippen LogP contribution in [0, 0.1) is 11.7 Å². The Kier molecular flexibility index (Phi) is 9.82. The molecule has 2 aromatic carbocycles. The lowest BCUT2D eigenvalue weighted by Crippen LogP contribution is -2.51. The van der Waals surface area contributed by atoms with Gasteiger partial charge in [0.05, 0.1) is 11.9 Å². The molecule has 192 valence electrons. The molecule has 0 radical (unpaired) electrons. The fraction of sp³-hybridized carbons (Fsp3) is 0.462. The van der Waals surface area contributed by atoms with Crippen LogP contribution in [-0.4, -0.2) is 50.5 Å². The SMILES string of the molecule is CC(C)CNC(=O)C(C)N(Cc1ccc(F)cc1)C(=O)CN(c1ccc(C(C)C)cc1)S(C)(=O)=O. The van der Waals surface area contributed by atoms with Gasteiger partial charge in [-0.3, -0.25) is 13.9 Å². The Morgan fingerprint density at radius 2 is 1.51 bits per heavy atom. The van der Waals surface area contributed by atoms with Crippen LogP contribution in [0.15, 0.2) is 48.5 Å². The minimum Gasteiger partial charge on any atom is -0.354 e. The topological polar surface area (TPSA) is 86.8 Å². The van der Waals surface area contributed by atoms with Crippen LogP contribution in [0.3, 0.4) is 0 Å². The molecule has 2 amide bonds. The maximum atomic E-state index is 13.5. The average molecular weight is 506 g/mol. The van der Waals surface area contributed by atoms with E-state index in [1.807, 2.05) is 39.8 Å². The number of carbonyl (C=O) groups is 2. The monoisotopic (exact) mass is 505 g/mol. The third-order valence-corrected chi connectivity index (χ3v) is 6.79. The van der Waals surface area contributed by atoms with Gasteiger partial charge in [-0.1, -0.05) is 52.0 Å². The zero-order valence-corrected chi connectivity index (χ0v) is 22.1. The summed E-state index contributed by atoms with van der Waals surface area (Å²) in [6.07, 6.45) is 1.04. The zero-order chi connectivity index (χ0) is 26.3. The van der Waals surface area contributed by atoms with Gasteiger partial charge in [-0.15, -0.1) is 0 Å². The molecule has 0 spiro atoms. The summed E-state index contributed by atoms with van der Waals surface area (Å²) >= 11 is 0. The van der Waals surface area contributed by atoms with E-state index in [9.17, 15) is 22.4 Å². The number of anilines is 1. The first-order chi connectivity index (χ1) is 16.3. The van der Waals surface area contributed by atoms with Crippen LogP contribution in [0.1, 0.15) is 51.7 Å². The Morgan fingerprint density at radius 1 is 0.943 bits per heavy atom. The van der Waals surface area contributed by atoms with E-state index in [4.69, 9.17) is 0 Å². The van der Waals surface area contributed by atoms with Crippen molar-refractivity contribution in [2.45, 2.75) is 53.1 Å². The standard InChI is InChI=1S/C26H36FN3O4S/c1-18(2)15-28-26(32)20(5)29(16-21-7-11-23(27)12-8-21)25(31)17-30(35(6,33)34)24-13-9-22(10-14-24)19(3)4/h7-14,18-20H,15-17H2,1-6H3,(H,28,32). The highest BCUT2D eigenvalue weighted by molar-refractivity contribution is 7.92. The van der Waals surface area contributed by atoms with E-state index in [1.165, 1.54) is 29.2 Å². The minimum atomic E-state index is -3.79. The van der Waals surface area contributed by atoms with Gasteiger partial charge < -0.3 is 10.2 Å². The van der Waals surface area contributed by atoms with Crippen molar-refractivity contribution in [2.75, 3.05) is 23.7 Å². The van der Waals surface area contributed by atoms with Gasteiger partial charge in [0.2, 0.25) is 21.8 Å². The number of amides is 2. The highest BCUT2D eigenvalue weighted by atomic mass is 32.2. The van der Waals surface area contributed by atoms with E-state index in [0.29, 0.717) is 17.8 Å². The third-order valence-electron chi connectivity index (χ3n) is 5.64. The first kappa shape index (κ1) is 28.3. The highest BCUT2D eigenvalue weighted by Gasteiger charge is 2.30. The van der Waals surface area contributed by atoms with Crippen LogP contribution in [0.4, 0.5) is 10.1 Å². The smallest absolute Gasteiger partial charge is 0.244 e. The molecule has 35 heavy (non-hydrogen) atoms. The van der Waals surface area contributed by atoms with Gasteiger partial charge >= 0.3 is 0 Å². The molecular formula is C26H36FN3O4S. The molecule has 0 heterocycles. The number of halogens is 1. The molecule has 1 atom stereocenters. The third kappa shape index (κ3) is 8.35. The van der Waals surface area contributed by atoms with E-state index in [-0.39, 0.29) is 24.3 Å². The van der Waals surface area contributed by atoms with Crippen LogP contribution >= 0.6 is 0 Å². The van der Waals surface area contributed by atoms with Crippen LogP contribution in [0.5, 0.6) is 0 Å². The zero-order valence-electron chi connectivity index (χ0n) is 21.3. The largest absolute Gasteiger partial charge is 0.354 e. The molecular weight excluding hydrogens is 469 g/mol. The molecule has 0 fully saturated rings. The molecule has 0 saturated heterocycles. The summed E-state index contributed by atoms with van der Waals surface area (Å²) in [5.74, 6) is -0.806. The fourth-order valence-corrected chi connectivity index (χ4v) is 4.31. The lowest BCUT2D eigenvalue weighted by molar-refractivity contribution is -0.139. The summed E-state index contributed by atoms with van der Waals surface area (Å²) in [5, 5.41) is 2.82. The molecule has 2 rings (SSSR count). The number of carbonyl (C=O) groups excluding carboxylic acids is 2. The highest BCUT2D eigenvalue weighted by Crippen LogP contribution is 2.23. The predicted molar refractivity (Wildman–Crippen MR) is 137 cm³/mol. The van der Waals surface area contributed by atoms with Crippen LogP contribution in [-0.2, 0) is 26.2 Å². The average Bonchev–Trinajstić information content (AvgIpc) is 2.79. The predicted octanol–water partition coefficient (Wildman–Crippen LogP) is 3.90. The molecule has 0 aliphatic heterocycles. The van der Waals surface area contributed by atoms with Gasteiger partial charge in [0.1, 0.15) is 18.4 Å². The summed E-state index contributed by atoms with van der Waals surface area (Å²) in [7, 11) is -3.79. The molecule has 0 saturated carbocycles. The first-order valence-corrected chi connectivity index (χ1v) is 13.5. The Balaban J connectivity index is 2.35. The van der Waals surface area contributed by atoms with Crippen LogP contribution in [0.25, 0.3) is 0 Å². The Hall–Kier alpha value is -2.94. The summed E-state index contributed by atoms with van der Waals surface area (Å²) in [6, 6.07) is 11.8. The Labute approximate surface area is 208 Å². The fourth-order valence-electron chi connectivity index (χ4n) is 3.46. The molecule has 9 heteroatoms. The molecule has 0 aliphatic carbocycles. The molecule has 2 aromatic rings. The van der Waals surface area contributed by atoms with E-state index in [0.717, 1.165) is 16.1 Å². The molecule has 0 bridgehead atoms. The van der Waals surface area contributed by atoms with Gasteiger partial charge in [0.25, 0.3) is 0 Å². The van der Waals surface area contributed by atoms with E-state index < -0.39 is 34.3 Å². The molecule has 0 aliphatic rings. The van der Waals surface area contributed by atoms with E-state index >= 15 is 0 Å². The number of benzene rings is 2. The number of sulfonamides is 1. The van der Waals surface area contributed by atoms with Crippen molar-refractivity contribution in [3.05, 3.63) is 65.5 Å². The number of rotatable bonds is 11. The number of nitrogens with zero attached hydrogens (tertiary/aromatic N) is 2. The number of hydrogen-bond donors (Lipinski definition) is 1.